The van der Waals surface area contributed by atoms with Crippen LogP contribution in [0.5, 0.6) is 0 Å². The molecule has 1 aliphatic rings. The summed E-state index contributed by atoms with van der Waals surface area (Å²) in [5.41, 5.74) is 1.13. The largest absolute Gasteiger partial charge is 0.352 e. The van der Waals surface area contributed by atoms with E-state index in [-0.39, 0.29) is 11.8 Å². The van der Waals surface area contributed by atoms with Gasteiger partial charge in [-0.25, -0.2) is 0 Å². The van der Waals surface area contributed by atoms with Crippen LogP contribution < -0.4 is 10.6 Å². The summed E-state index contributed by atoms with van der Waals surface area (Å²) in [6.07, 6.45) is 0. The van der Waals surface area contributed by atoms with Crippen molar-refractivity contribution < 1.29 is 4.79 Å². The molecular formula is C13H17BrN2O. The summed E-state index contributed by atoms with van der Waals surface area (Å²) in [4.78, 5) is 11.9. The maximum atomic E-state index is 11.9. The number of hydrogen-bond acceptors (Lipinski definition) is 2. The Kier molecular flexibility index (Phi) is 4.18. The second kappa shape index (κ2) is 5.65. The average molecular weight is 297 g/mol. The molecule has 0 radical (unpaired) electrons. The van der Waals surface area contributed by atoms with E-state index in [4.69, 9.17) is 0 Å². The standard InChI is InChI=1S/C13H17BrN2O/c1-9(11-7-15-8-11)13(17)16-6-10-2-4-12(14)5-3-10/h2-5,9,11,15H,6-8H2,1H3,(H,16,17). The summed E-state index contributed by atoms with van der Waals surface area (Å²) in [5.74, 6) is 0.756. The van der Waals surface area contributed by atoms with Crippen LogP contribution >= 0.6 is 15.9 Å². The number of rotatable bonds is 4. The molecule has 1 aliphatic heterocycles. The first-order valence-corrected chi connectivity index (χ1v) is 6.69. The summed E-state index contributed by atoms with van der Waals surface area (Å²) in [6.45, 7) is 4.54. The molecule has 1 heterocycles. The third-order valence-electron chi connectivity index (χ3n) is 3.31. The van der Waals surface area contributed by atoms with E-state index in [1.807, 2.05) is 31.2 Å². The Balaban J connectivity index is 1.81. The van der Waals surface area contributed by atoms with Crippen molar-refractivity contribution in [2.24, 2.45) is 11.8 Å². The van der Waals surface area contributed by atoms with Gasteiger partial charge in [0.2, 0.25) is 5.91 Å². The highest BCUT2D eigenvalue weighted by atomic mass is 79.9. The van der Waals surface area contributed by atoms with Crippen molar-refractivity contribution in [2.45, 2.75) is 13.5 Å². The molecule has 17 heavy (non-hydrogen) atoms. The number of halogens is 1. The molecule has 1 saturated heterocycles. The lowest BCUT2D eigenvalue weighted by Crippen LogP contribution is -2.49. The molecule has 0 saturated carbocycles. The van der Waals surface area contributed by atoms with Crippen LogP contribution in [0.3, 0.4) is 0 Å². The van der Waals surface area contributed by atoms with Gasteiger partial charge in [0.1, 0.15) is 0 Å². The molecule has 2 N–H and O–H groups in total. The molecule has 0 aliphatic carbocycles. The second-order valence-corrected chi connectivity index (χ2v) is 5.47. The number of nitrogens with one attached hydrogen (secondary N) is 2. The molecular weight excluding hydrogens is 280 g/mol. The molecule has 4 heteroatoms. The zero-order valence-corrected chi connectivity index (χ0v) is 11.5. The van der Waals surface area contributed by atoms with Gasteiger partial charge in [-0.05, 0) is 36.7 Å². The minimum absolute atomic E-state index is 0.103. The van der Waals surface area contributed by atoms with Crippen LogP contribution in [0, 0.1) is 11.8 Å². The van der Waals surface area contributed by atoms with Crippen LogP contribution in [0.2, 0.25) is 0 Å². The van der Waals surface area contributed by atoms with Gasteiger partial charge in [0.15, 0.2) is 0 Å². The molecule has 1 fully saturated rings. The van der Waals surface area contributed by atoms with Crippen molar-refractivity contribution in [1.82, 2.24) is 10.6 Å². The van der Waals surface area contributed by atoms with E-state index in [0.29, 0.717) is 12.5 Å². The van der Waals surface area contributed by atoms with Crippen molar-refractivity contribution >= 4 is 21.8 Å². The predicted molar refractivity (Wildman–Crippen MR) is 71.5 cm³/mol. The van der Waals surface area contributed by atoms with E-state index in [1.54, 1.807) is 0 Å². The number of amides is 1. The van der Waals surface area contributed by atoms with Gasteiger partial charge >= 0.3 is 0 Å². The van der Waals surface area contributed by atoms with Gasteiger partial charge in [0.05, 0.1) is 0 Å². The summed E-state index contributed by atoms with van der Waals surface area (Å²) < 4.78 is 1.06. The maximum absolute atomic E-state index is 11.9. The molecule has 2 rings (SSSR count). The topological polar surface area (TPSA) is 41.1 Å². The van der Waals surface area contributed by atoms with Gasteiger partial charge in [-0.15, -0.1) is 0 Å². The lowest BCUT2D eigenvalue weighted by molar-refractivity contribution is -0.126. The van der Waals surface area contributed by atoms with Crippen molar-refractivity contribution in [3.63, 3.8) is 0 Å². The summed E-state index contributed by atoms with van der Waals surface area (Å²) >= 11 is 3.39. The summed E-state index contributed by atoms with van der Waals surface area (Å²) in [5, 5.41) is 6.18. The summed E-state index contributed by atoms with van der Waals surface area (Å²) in [6, 6.07) is 8.00. The highest BCUT2D eigenvalue weighted by Crippen LogP contribution is 2.16. The third-order valence-corrected chi connectivity index (χ3v) is 3.84. The van der Waals surface area contributed by atoms with Gasteiger partial charge in [-0.3, -0.25) is 4.79 Å². The van der Waals surface area contributed by atoms with E-state index in [1.165, 1.54) is 0 Å². The van der Waals surface area contributed by atoms with Gasteiger partial charge < -0.3 is 10.6 Å². The van der Waals surface area contributed by atoms with E-state index in [0.717, 1.165) is 23.1 Å². The SMILES string of the molecule is CC(C(=O)NCc1ccc(Br)cc1)C1CNC1. The van der Waals surface area contributed by atoms with E-state index in [2.05, 4.69) is 26.6 Å². The Hall–Kier alpha value is -0.870. The van der Waals surface area contributed by atoms with E-state index in [9.17, 15) is 4.79 Å². The summed E-state index contributed by atoms with van der Waals surface area (Å²) in [7, 11) is 0. The fraction of sp³-hybridized carbons (Fsp3) is 0.462. The smallest absolute Gasteiger partial charge is 0.223 e. The number of carbonyl (C=O) groups excluding carboxylic acids is 1. The molecule has 1 aromatic carbocycles. The van der Waals surface area contributed by atoms with E-state index >= 15 is 0 Å². The molecule has 0 aromatic heterocycles. The van der Waals surface area contributed by atoms with Gasteiger partial charge in [0.25, 0.3) is 0 Å². The number of carbonyl (C=O) groups is 1. The van der Waals surface area contributed by atoms with Crippen LogP contribution in [-0.4, -0.2) is 19.0 Å². The molecule has 1 aromatic rings. The first-order chi connectivity index (χ1) is 8.16. The van der Waals surface area contributed by atoms with Crippen molar-refractivity contribution in [3.8, 4) is 0 Å². The monoisotopic (exact) mass is 296 g/mol. The van der Waals surface area contributed by atoms with Crippen LogP contribution in [0.15, 0.2) is 28.7 Å². The third kappa shape index (κ3) is 3.30. The van der Waals surface area contributed by atoms with Crippen LogP contribution in [-0.2, 0) is 11.3 Å². The Morgan fingerprint density at radius 1 is 1.47 bits per heavy atom. The first-order valence-electron chi connectivity index (χ1n) is 5.89. The average Bonchev–Trinajstić information content (AvgIpc) is 2.25. The lowest BCUT2D eigenvalue weighted by Gasteiger charge is -2.31. The van der Waals surface area contributed by atoms with Crippen LogP contribution in [0.25, 0.3) is 0 Å². The van der Waals surface area contributed by atoms with Crippen molar-refractivity contribution in [2.75, 3.05) is 13.1 Å². The molecule has 1 unspecified atom stereocenters. The number of hydrogen-bond donors (Lipinski definition) is 2. The Morgan fingerprint density at radius 3 is 2.65 bits per heavy atom. The fourth-order valence-electron chi connectivity index (χ4n) is 1.83. The van der Waals surface area contributed by atoms with Crippen molar-refractivity contribution in [1.29, 1.82) is 0 Å². The van der Waals surface area contributed by atoms with Crippen molar-refractivity contribution in [3.05, 3.63) is 34.3 Å². The second-order valence-electron chi connectivity index (χ2n) is 4.55. The first kappa shape index (κ1) is 12.6. The number of benzene rings is 1. The van der Waals surface area contributed by atoms with E-state index < -0.39 is 0 Å². The van der Waals surface area contributed by atoms with Crippen LogP contribution in [0.1, 0.15) is 12.5 Å². The Morgan fingerprint density at radius 2 is 2.12 bits per heavy atom. The molecule has 92 valence electrons. The van der Waals surface area contributed by atoms with Crippen LogP contribution in [0.4, 0.5) is 0 Å². The highest BCUT2D eigenvalue weighted by molar-refractivity contribution is 9.10. The van der Waals surface area contributed by atoms with Gasteiger partial charge in [0, 0.05) is 16.9 Å². The molecule has 1 atom stereocenters. The molecule has 0 bridgehead atoms. The minimum Gasteiger partial charge on any atom is -0.352 e. The normalized spacial score (nSPS) is 17.3. The zero-order valence-electron chi connectivity index (χ0n) is 9.87. The Bertz CT molecular complexity index is 387. The zero-order chi connectivity index (χ0) is 12.3. The van der Waals surface area contributed by atoms with Gasteiger partial charge in [-0.1, -0.05) is 35.0 Å². The lowest BCUT2D eigenvalue weighted by atomic mass is 9.88. The molecule has 1 amide bonds. The minimum atomic E-state index is 0.103. The molecule has 0 spiro atoms. The molecule has 3 nitrogen and oxygen atoms in total. The van der Waals surface area contributed by atoms with Gasteiger partial charge in [-0.2, -0.15) is 0 Å². The highest BCUT2D eigenvalue weighted by Gasteiger charge is 2.28. The quantitative estimate of drug-likeness (QED) is 0.891. The predicted octanol–water partition coefficient (Wildman–Crippen LogP) is 1.92. The maximum Gasteiger partial charge on any atom is 0.223 e. The Labute approximate surface area is 110 Å². The fourth-order valence-corrected chi connectivity index (χ4v) is 2.10.